The van der Waals surface area contributed by atoms with Gasteiger partial charge in [0.25, 0.3) is 0 Å². The van der Waals surface area contributed by atoms with E-state index in [1.165, 1.54) is 18.4 Å². The molecule has 1 heterocycles. The molecule has 2 N–H and O–H groups in total. The van der Waals surface area contributed by atoms with Gasteiger partial charge in [-0.25, -0.2) is 0 Å². The van der Waals surface area contributed by atoms with Gasteiger partial charge in [0.2, 0.25) is 0 Å². The second kappa shape index (κ2) is 6.95. The van der Waals surface area contributed by atoms with E-state index in [4.69, 9.17) is 10.5 Å². The number of nitrogens with zero attached hydrogens (tertiary/aromatic N) is 2. The molecule has 0 amide bonds. The Morgan fingerprint density at radius 2 is 2.00 bits per heavy atom. The monoisotopic (exact) mass is 277 g/mol. The van der Waals surface area contributed by atoms with Gasteiger partial charge in [-0.05, 0) is 65.1 Å². The number of benzene rings is 1. The fourth-order valence-electron chi connectivity index (χ4n) is 2.85. The van der Waals surface area contributed by atoms with Gasteiger partial charge in [-0.3, -0.25) is 4.90 Å². The maximum atomic E-state index is 5.91. The lowest BCUT2D eigenvalue weighted by molar-refractivity contribution is 0.139. The molecule has 0 unspecified atom stereocenters. The normalized spacial score (nSPS) is 17.6. The van der Waals surface area contributed by atoms with E-state index in [-0.39, 0.29) is 0 Å². The summed E-state index contributed by atoms with van der Waals surface area (Å²) in [7, 11) is 4.34. The predicted molar refractivity (Wildman–Crippen MR) is 84.0 cm³/mol. The lowest BCUT2D eigenvalue weighted by Gasteiger charge is -2.35. The molecule has 1 aliphatic rings. The smallest absolute Gasteiger partial charge is 0.123 e. The Hall–Kier alpha value is -1.26. The zero-order chi connectivity index (χ0) is 14.5. The van der Waals surface area contributed by atoms with Crippen LogP contribution in [0.3, 0.4) is 0 Å². The Kier molecular flexibility index (Phi) is 5.26. The maximum Gasteiger partial charge on any atom is 0.123 e. The van der Waals surface area contributed by atoms with Gasteiger partial charge in [-0.2, -0.15) is 0 Å². The minimum atomic E-state index is 0.694. The number of likely N-dealkylation sites (tertiary alicyclic amines) is 1. The van der Waals surface area contributed by atoms with Crippen LogP contribution in [0.15, 0.2) is 18.2 Å². The van der Waals surface area contributed by atoms with Gasteiger partial charge in [0.15, 0.2) is 0 Å². The largest absolute Gasteiger partial charge is 0.494 e. The molecule has 4 heteroatoms. The fraction of sp³-hybridized carbons (Fsp3) is 0.625. The standard InChI is InChI=1S/C16H27N3O/c1-4-20-16-6-5-14(17)11-13(16)12-19-9-7-15(8-10-19)18(2)3/h5-6,11,15H,4,7-10,12,17H2,1-3H3. The molecule has 0 atom stereocenters. The summed E-state index contributed by atoms with van der Waals surface area (Å²) in [6.45, 7) is 5.93. The van der Waals surface area contributed by atoms with Crippen molar-refractivity contribution < 1.29 is 4.74 Å². The molecule has 0 spiro atoms. The van der Waals surface area contributed by atoms with Crippen molar-refractivity contribution in [3.05, 3.63) is 23.8 Å². The Labute approximate surface area is 122 Å². The Bertz CT molecular complexity index is 426. The van der Waals surface area contributed by atoms with Crippen molar-refractivity contribution in [1.82, 2.24) is 9.80 Å². The van der Waals surface area contributed by atoms with Crippen molar-refractivity contribution in [3.8, 4) is 5.75 Å². The van der Waals surface area contributed by atoms with Crippen molar-refractivity contribution in [3.63, 3.8) is 0 Å². The number of hydrogen-bond donors (Lipinski definition) is 1. The van der Waals surface area contributed by atoms with E-state index in [0.717, 1.165) is 37.1 Å². The van der Waals surface area contributed by atoms with Crippen LogP contribution in [0.1, 0.15) is 25.3 Å². The van der Waals surface area contributed by atoms with Crippen LogP contribution in [-0.2, 0) is 6.54 Å². The first-order chi connectivity index (χ1) is 9.60. The number of piperidine rings is 1. The molecule has 112 valence electrons. The maximum absolute atomic E-state index is 5.91. The lowest BCUT2D eigenvalue weighted by atomic mass is 10.0. The molecule has 1 fully saturated rings. The summed E-state index contributed by atoms with van der Waals surface area (Å²) in [5.41, 5.74) is 7.93. The summed E-state index contributed by atoms with van der Waals surface area (Å²) in [5, 5.41) is 0. The summed E-state index contributed by atoms with van der Waals surface area (Å²) in [6, 6.07) is 6.66. The van der Waals surface area contributed by atoms with E-state index >= 15 is 0 Å². The molecule has 0 aliphatic carbocycles. The van der Waals surface area contributed by atoms with E-state index in [0.29, 0.717) is 6.61 Å². The van der Waals surface area contributed by atoms with Crippen molar-refractivity contribution >= 4 is 5.69 Å². The summed E-state index contributed by atoms with van der Waals surface area (Å²) in [5.74, 6) is 0.969. The molecule has 20 heavy (non-hydrogen) atoms. The molecule has 1 aliphatic heterocycles. The van der Waals surface area contributed by atoms with Crippen LogP contribution < -0.4 is 10.5 Å². The summed E-state index contributed by atoms with van der Waals surface area (Å²) >= 11 is 0. The number of nitrogen functional groups attached to an aromatic ring is 1. The van der Waals surface area contributed by atoms with Crippen molar-refractivity contribution in [2.24, 2.45) is 0 Å². The molecule has 0 radical (unpaired) electrons. The summed E-state index contributed by atoms with van der Waals surface area (Å²) < 4.78 is 5.70. The third-order valence-corrected chi connectivity index (χ3v) is 4.07. The van der Waals surface area contributed by atoms with E-state index < -0.39 is 0 Å². The van der Waals surface area contributed by atoms with Crippen LogP contribution in [0.25, 0.3) is 0 Å². The molecular formula is C16H27N3O. The molecule has 1 saturated heterocycles. The van der Waals surface area contributed by atoms with Gasteiger partial charge in [0.1, 0.15) is 5.75 Å². The van der Waals surface area contributed by atoms with Crippen LogP contribution in [-0.4, -0.2) is 49.6 Å². The van der Waals surface area contributed by atoms with Gasteiger partial charge < -0.3 is 15.4 Å². The number of anilines is 1. The zero-order valence-corrected chi connectivity index (χ0v) is 12.9. The van der Waals surface area contributed by atoms with Gasteiger partial charge in [0.05, 0.1) is 6.61 Å². The van der Waals surface area contributed by atoms with Crippen LogP contribution in [0, 0.1) is 0 Å². The molecule has 1 aromatic carbocycles. The molecular weight excluding hydrogens is 250 g/mol. The van der Waals surface area contributed by atoms with Crippen LogP contribution >= 0.6 is 0 Å². The second-order valence-corrected chi connectivity index (χ2v) is 5.77. The highest BCUT2D eigenvalue weighted by Gasteiger charge is 2.21. The third-order valence-electron chi connectivity index (χ3n) is 4.07. The number of rotatable bonds is 5. The highest BCUT2D eigenvalue weighted by atomic mass is 16.5. The Morgan fingerprint density at radius 1 is 1.30 bits per heavy atom. The third kappa shape index (κ3) is 3.87. The summed E-state index contributed by atoms with van der Waals surface area (Å²) in [6.07, 6.45) is 2.47. The van der Waals surface area contributed by atoms with Gasteiger partial charge in [-0.1, -0.05) is 0 Å². The average Bonchev–Trinajstić information content (AvgIpc) is 2.42. The molecule has 2 rings (SSSR count). The minimum absolute atomic E-state index is 0.694. The Balaban J connectivity index is 1.98. The minimum Gasteiger partial charge on any atom is -0.494 e. The highest BCUT2D eigenvalue weighted by Crippen LogP contribution is 2.25. The van der Waals surface area contributed by atoms with Crippen LogP contribution in [0.5, 0.6) is 5.75 Å². The second-order valence-electron chi connectivity index (χ2n) is 5.77. The zero-order valence-electron chi connectivity index (χ0n) is 12.9. The summed E-state index contributed by atoms with van der Waals surface area (Å²) in [4.78, 5) is 4.83. The Morgan fingerprint density at radius 3 is 2.60 bits per heavy atom. The van der Waals surface area contributed by atoms with Crippen molar-refractivity contribution in [2.45, 2.75) is 32.4 Å². The first-order valence-corrected chi connectivity index (χ1v) is 7.50. The van der Waals surface area contributed by atoms with Gasteiger partial charge >= 0.3 is 0 Å². The lowest BCUT2D eigenvalue weighted by Crippen LogP contribution is -2.41. The van der Waals surface area contributed by atoms with Crippen LogP contribution in [0.4, 0.5) is 5.69 Å². The van der Waals surface area contributed by atoms with E-state index in [1.54, 1.807) is 0 Å². The first kappa shape index (κ1) is 15.1. The van der Waals surface area contributed by atoms with E-state index in [9.17, 15) is 0 Å². The molecule has 0 aromatic heterocycles. The SMILES string of the molecule is CCOc1ccc(N)cc1CN1CCC(N(C)C)CC1. The average molecular weight is 277 g/mol. The van der Waals surface area contributed by atoms with Crippen molar-refractivity contribution in [2.75, 3.05) is 39.5 Å². The predicted octanol–water partition coefficient (Wildman–Crippen LogP) is 2.19. The highest BCUT2D eigenvalue weighted by molar-refractivity contribution is 5.47. The molecule has 1 aromatic rings. The van der Waals surface area contributed by atoms with E-state index in [1.807, 2.05) is 25.1 Å². The molecule has 4 nitrogen and oxygen atoms in total. The number of hydrogen-bond acceptors (Lipinski definition) is 4. The quantitative estimate of drug-likeness (QED) is 0.838. The first-order valence-electron chi connectivity index (χ1n) is 7.50. The molecule has 0 saturated carbocycles. The number of nitrogens with two attached hydrogens (primary N) is 1. The fourth-order valence-corrected chi connectivity index (χ4v) is 2.85. The van der Waals surface area contributed by atoms with E-state index in [2.05, 4.69) is 23.9 Å². The molecule has 0 bridgehead atoms. The number of ether oxygens (including phenoxy) is 1. The van der Waals surface area contributed by atoms with Gasteiger partial charge in [-0.15, -0.1) is 0 Å². The van der Waals surface area contributed by atoms with Crippen LogP contribution in [0.2, 0.25) is 0 Å². The van der Waals surface area contributed by atoms with Gasteiger partial charge in [0, 0.05) is 23.8 Å². The van der Waals surface area contributed by atoms with Crippen molar-refractivity contribution in [1.29, 1.82) is 0 Å². The topological polar surface area (TPSA) is 41.7 Å².